The van der Waals surface area contributed by atoms with Gasteiger partial charge < -0.3 is 19.9 Å². The van der Waals surface area contributed by atoms with Crippen LogP contribution in [0, 0.1) is 5.82 Å². The predicted molar refractivity (Wildman–Crippen MR) is 129 cm³/mol. The quantitative estimate of drug-likeness (QED) is 0.390. The first-order valence-electron chi connectivity index (χ1n) is 10.9. The van der Waals surface area contributed by atoms with Gasteiger partial charge in [-0.2, -0.15) is 0 Å². The second-order valence-electron chi connectivity index (χ2n) is 7.65. The number of rotatable bonds is 12. The molecule has 2 atom stereocenters. The van der Waals surface area contributed by atoms with E-state index in [9.17, 15) is 23.3 Å². The zero-order valence-corrected chi connectivity index (χ0v) is 19.7. The van der Waals surface area contributed by atoms with Crippen molar-refractivity contribution in [3.8, 4) is 0 Å². The fraction of sp³-hybridized carbons (Fsp3) is 0.231. The number of hydrogen-bond donors (Lipinski definition) is 2. The van der Waals surface area contributed by atoms with Gasteiger partial charge in [0.05, 0.1) is 24.0 Å². The molecule has 0 bridgehead atoms. The molecule has 3 aromatic rings. The summed E-state index contributed by atoms with van der Waals surface area (Å²) in [5.41, 5.74) is 1.98. The van der Waals surface area contributed by atoms with E-state index < -0.39 is 28.9 Å². The highest BCUT2D eigenvalue weighted by atomic mass is 32.2. The summed E-state index contributed by atoms with van der Waals surface area (Å²) in [4.78, 5) is 24.0. The van der Waals surface area contributed by atoms with E-state index in [1.165, 1.54) is 6.07 Å². The summed E-state index contributed by atoms with van der Waals surface area (Å²) in [5.74, 6) is -1.32. The number of alkyl carbamates (subject to hydrolysis) is 1. The summed E-state index contributed by atoms with van der Waals surface area (Å²) in [5, 5.41) is 11.7. The van der Waals surface area contributed by atoms with Crippen molar-refractivity contribution in [2.24, 2.45) is 0 Å². The minimum absolute atomic E-state index is 0.0146. The van der Waals surface area contributed by atoms with Gasteiger partial charge in [-0.25, -0.2) is 14.0 Å². The predicted octanol–water partition coefficient (Wildman–Crippen LogP) is 4.07. The van der Waals surface area contributed by atoms with Crippen molar-refractivity contribution < 1.29 is 32.8 Å². The van der Waals surface area contributed by atoms with E-state index in [2.05, 4.69) is 5.32 Å². The number of aryl methyl sites for hydroxylation is 1. The van der Waals surface area contributed by atoms with Gasteiger partial charge in [-0.05, 0) is 41.3 Å². The summed E-state index contributed by atoms with van der Waals surface area (Å²) < 4.78 is 37.0. The molecule has 1 amide bonds. The number of amides is 1. The maximum atomic E-state index is 13.8. The molecule has 0 radical (unpaired) electrons. The monoisotopic (exact) mass is 499 g/mol. The summed E-state index contributed by atoms with van der Waals surface area (Å²) in [6, 6.07) is 21.0. The van der Waals surface area contributed by atoms with Gasteiger partial charge in [0, 0.05) is 10.6 Å². The third-order valence-corrected chi connectivity index (χ3v) is 6.39. The molecule has 0 saturated carbocycles. The summed E-state index contributed by atoms with van der Waals surface area (Å²) in [6.45, 7) is -0.208. The number of carbonyl (C=O) groups excluding carboxylic acids is 1. The van der Waals surface area contributed by atoms with Crippen LogP contribution >= 0.6 is 0 Å². The number of carbonyl (C=O) groups is 2. The summed E-state index contributed by atoms with van der Waals surface area (Å²) in [6.07, 6.45) is -0.524. The maximum Gasteiger partial charge on any atom is 0.408 e. The van der Waals surface area contributed by atoms with E-state index in [1.807, 2.05) is 6.07 Å². The molecule has 0 aliphatic rings. The van der Waals surface area contributed by atoms with Gasteiger partial charge in [0.25, 0.3) is 0 Å². The smallest absolute Gasteiger partial charge is 0.408 e. The third kappa shape index (κ3) is 8.62. The topological polar surface area (TPSA) is 102 Å². The van der Waals surface area contributed by atoms with Crippen LogP contribution in [-0.2, 0) is 44.7 Å². The van der Waals surface area contributed by atoms with Gasteiger partial charge in [0.1, 0.15) is 12.4 Å². The second-order valence-corrected chi connectivity index (χ2v) is 9.22. The van der Waals surface area contributed by atoms with E-state index in [0.717, 1.165) is 5.56 Å². The Bertz CT molecular complexity index is 1160. The van der Waals surface area contributed by atoms with E-state index in [0.29, 0.717) is 22.4 Å². The van der Waals surface area contributed by atoms with Gasteiger partial charge in [0.2, 0.25) is 0 Å². The van der Waals surface area contributed by atoms with Crippen LogP contribution in [0.3, 0.4) is 0 Å². The molecule has 0 fully saturated rings. The molecule has 184 valence electrons. The van der Waals surface area contributed by atoms with Gasteiger partial charge in [-0.1, -0.05) is 60.7 Å². The average Bonchev–Trinajstić information content (AvgIpc) is 2.87. The zero-order chi connectivity index (χ0) is 25.0. The van der Waals surface area contributed by atoms with Crippen molar-refractivity contribution in [3.63, 3.8) is 0 Å². The van der Waals surface area contributed by atoms with Gasteiger partial charge in [0.15, 0.2) is 6.04 Å². The van der Waals surface area contributed by atoms with Crippen LogP contribution in [-0.4, -0.2) is 39.8 Å². The number of halogens is 1. The van der Waals surface area contributed by atoms with Crippen molar-refractivity contribution in [2.45, 2.75) is 30.6 Å². The van der Waals surface area contributed by atoms with Crippen LogP contribution in [0.25, 0.3) is 0 Å². The Morgan fingerprint density at radius 2 is 1.66 bits per heavy atom. The fourth-order valence-corrected chi connectivity index (χ4v) is 4.33. The lowest BCUT2D eigenvalue weighted by Gasteiger charge is -2.15. The highest BCUT2D eigenvalue weighted by Crippen LogP contribution is 2.14. The van der Waals surface area contributed by atoms with Crippen LogP contribution in [0.2, 0.25) is 0 Å². The molecule has 3 aromatic carbocycles. The Hall–Kier alpha value is -3.56. The highest BCUT2D eigenvalue weighted by Gasteiger charge is 2.21. The summed E-state index contributed by atoms with van der Waals surface area (Å²) in [7, 11) is -1.34. The zero-order valence-electron chi connectivity index (χ0n) is 18.9. The van der Waals surface area contributed by atoms with Crippen LogP contribution in [0.4, 0.5) is 9.18 Å². The van der Waals surface area contributed by atoms with E-state index in [1.54, 1.807) is 66.7 Å². The first-order chi connectivity index (χ1) is 16.9. The summed E-state index contributed by atoms with van der Waals surface area (Å²) >= 11 is 0. The number of nitrogens with one attached hydrogen (secondary N) is 1. The first-order valence-corrected chi connectivity index (χ1v) is 12.2. The molecule has 0 spiro atoms. The van der Waals surface area contributed by atoms with Crippen LogP contribution in [0.1, 0.15) is 16.7 Å². The van der Waals surface area contributed by atoms with E-state index in [4.69, 9.17) is 9.47 Å². The SMILES string of the molecule is O=C(N[C@@H](COCc1cccc(S(=O)CCc2ccccc2F)c1)C(=O)O)OCc1ccccc1. The third-order valence-electron chi connectivity index (χ3n) is 5.03. The van der Waals surface area contributed by atoms with Crippen molar-refractivity contribution in [2.75, 3.05) is 12.4 Å². The Morgan fingerprint density at radius 3 is 2.40 bits per heavy atom. The Kier molecular flexibility index (Phi) is 9.94. The minimum Gasteiger partial charge on any atom is -0.480 e. The van der Waals surface area contributed by atoms with E-state index in [-0.39, 0.29) is 31.4 Å². The Morgan fingerprint density at radius 1 is 0.943 bits per heavy atom. The first kappa shape index (κ1) is 26.1. The average molecular weight is 500 g/mol. The van der Waals surface area contributed by atoms with Crippen molar-refractivity contribution >= 4 is 22.9 Å². The largest absolute Gasteiger partial charge is 0.480 e. The van der Waals surface area contributed by atoms with Gasteiger partial charge in [-0.15, -0.1) is 0 Å². The number of hydrogen-bond acceptors (Lipinski definition) is 5. The normalized spacial score (nSPS) is 12.5. The lowest BCUT2D eigenvalue weighted by atomic mass is 10.2. The maximum absolute atomic E-state index is 13.8. The number of carboxylic acid groups (broad SMARTS) is 1. The minimum atomic E-state index is -1.34. The van der Waals surface area contributed by atoms with Gasteiger partial charge in [-0.3, -0.25) is 4.21 Å². The molecule has 0 saturated heterocycles. The molecular formula is C26H26FNO6S. The van der Waals surface area contributed by atoms with Crippen molar-refractivity contribution in [1.29, 1.82) is 0 Å². The molecule has 0 heterocycles. The van der Waals surface area contributed by atoms with Gasteiger partial charge >= 0.3 is 12.1 Å². The number of aliphatic carboxylic acids is 1. The number of benzene rings is 3. The van der Waals surface area contributed by atoms with Crippen LogP contribution in [0.5, 0.6) is 0 Å². The van der Waals surface area contributed by atoms with Crippen molar-refractivity contribution in [3.05, 3.63) is 101 Å². The number of ether oxygens (including phenoxy) is 2. The standard InChI is InChI=1S/C26H26FNO6S/c27-23-12-5-4-10-21(23)13-14-35(32)22-11-6-9-20(15-22)16-33-18-24(25(29)30)28-26(31)34-17-19-7-2-1-3-8-19/h1-12,15,24H,13-14,16-18H2,(H,28,31)(H,29,30)/t24-,35?/m0/s1. The molecule has 35 heavy (non-hydrogen) atoms. The fourth-order valence-electron chi connectivity index (χ4n) is 3.17. The molecular weight excluding hydrogens is 473 g/mol. The second kappa shape index (κ2) is 13.4. The molecule has 3 rings (SSSR count). The number of carboxylic acids is 1. The molecule has 7 nitrogen and oxygen atoms in total. The molecule has 0 aliphatic heterocycles. The Labute approximate surface area is 205 Å². The lowest BCUT2D eigenvalue weighted by Crippen LogP contribution is -2.44. The molecule has 0 aromatic heterocycles. The molecule has 0 aliphatic carbocycles. The Balaban J connectivity index is 1.46. The van der Waals surface area contributed by atoms with Crippen LogP contribution < -0.4 is 5.32 Å². The molecule has 1 unspecified atom stereocenters. The molecule has 9 heteroatoms. The van der Waals surface area contributed by atoms with E-state index >= 15 is 0 Å². The van der Waals surface area contributed by atoms with Crippen LogP contribution in [0.15, 0.2) is 83.8 Å². The highest BCUT2D eigenvalue weighted by molar-refractivity contribution is 7.85. The molecule has 2 N–H and O–H groups in total. The lowest BCUT2D eigenvalue weighted by molar-refractivity contribution is -0.141. The van der Waals surface area contributed by atoms with Crippen molar-refractivity contribution in [1.82, 2.24) is 5.32 Å².